The van der Waals surface area contributed by atoms with Crippen molar-refractivity contribution in [2.75, 3.05) is 6.54 Å². The first-order valence-electron chi connectivity index (χ1n) is 10.9. The number of Topliss-reactive ketones (excluding diaryl/α,β-unsaturated/α-hetero) is 1. The minimum Gasteiger partial charge on any atom is -0.370 e. The van der Waals surface area contributed by atoms with Crippen LogP contribution in [0.15, 0.2) is 24.3 Å². The summed E-state index contributed by atoms with van der Waals surface area (Å²) < 4.78 is 13.1. The van der Waals surface area contributed by atoms with E-state index in [1.165, 1.54) is 24.3 Å². The van der Waals surface area contributed by atoms with Gasteiger partial charge in [-0.1, -0.05) is 19.1 Å². The van der Waals surface area contributed by atoms with Crippen molar-refractivity contribution in [3.8, 4) is 0 Å². The normalized spacial score (nSPS) is 12.1. The molecule has 0 heterocycles. The third kappa shape index (κ3) is 11.2. The van der Waals surface area contributed by atoms with Crippen LogP contribution in [0.2, 0.25) is 0 Å². The third-order valence-electron chi connectivity index (χ3n) is 4.81. The Morgan fingerprint density at radius 2 is 1.68 bits per heavy atom. The van der Waals surface area contributed by atoms with Crippen LogP contribution in [0.4, 0.5) is 4.39 Å². The van der Waals surface area contributed by atoms with Crippen molar-refractivity contribution in [2.45, 2.75) is 57.7 Å². The van der Waals surface area contributed by atoms with Gasteiger partial charge in [-0.3, -0.25) is 24.6 Å². The minimum atomic E-state index is -1.09. The van der Waals surface area contributed by atoms with E-state index in [9.17, 15) is 23.6 Å². The summed E-state index contributed by atoms with van der Waals surface area (Å²) in [6.45, 7) is 2.03. The summed E-state index contributed by atoms with van der Waals surface area (Å²) in [5.74, 6) is -2.65. The molecule has 0 saturated heterocycles. The lowest BCUT2D eigenvalue weighted by Crippen LogP contribution is -2.53. The van der Waals surface area contributed by atoms with Crippen molar-refractivity contribution in [1.29, 1.82) is 10.8 Å². The summed E-state index contributed by atoms with van der Waals surface area (Å²) in [5.41, 5.74) is 5.87. The number of ketones is 1. The van der Waals surface area contributed by atoms with E-state index in [-0.39, 0.29) is 44.1 Å². The summed E-state index contributed by atoms with van der Waals surface area (Å²) in [5, 5.41) is 24.6. The van der Waals surface area contributed by atoms with Gasteiger partial charge in [0.25, 0.3) is 0 Å². The van der Waals surface area contributed by atoms with Crippen molar-refractivity contribution in [3.63, 3.8) is 0 Å². The van der Waals surface area contributed by atoms with Crippen LogP contribution >= 0.6 is 0 Å². The molecule has 0 bridgehead atoms. The number of hydrogen-bond acceptors (Lipinski definition) is 6. The molecule has 12 heteroatoms. The highest BCUT2D eigenvalue weighted by Crippen LogP contribution is 2.06. The second kappa shape index (κ2) is 15.1. The zero-order valence-electron chi connectivity index (χ0n) is 19.1. The Balaban J connectivity index is 2.86. The quantitative estimate of drug-likeness (QED) is 0.106. The van der Waals surface area contributed by atoms with Gasteiger partial charge >= 0.3 is 0 Å². The summed E-state index contributed by atoms with van der Waals surface area (Å²) >= 11 is 0. The maximum absolute atomic E-state index is 13.1. The van der Waals surface area contributed by atoms with Crippen LogP contribution in [0, 0.1) is 16.6 Å². The molecule has 0 aromatic heterocycles. The monoisotopic (exact) mass is 477 g/mol. The van der Waals surface area contributed by atoms with E-state index >= 15 is 0 Å². The third-order valence-corrected chi connectivity index (χ3v) is 4.81. The molecule has 186 valence electrons. The Labute approximate surface area is 197 Å². The van der Waals surface area contributed by atoms with Gasteiger partial charge in [0.05, 0.1) is 6.21 Å². The van der Waals surface area contributed by atoms with Crippen LogP contribution in [-0.2, 0) is 25.7 Å². The lowest BCUT2D eigenvalue weighted by Gasteiger charge is -2.23. The number of guanidine groups is 1. The first kappa shape index (κ1) is 28.2. The first-order valence-corrected chi connectivity index (χ1v) is 10.9. The second-order valence-corrected chi connectivity index (χ2v) is 7.51. The van der Waals surface area contributed by atoms with Gasteiger partial charge in [-0.25, -0.2) is 4.39 Å². The molecule has 0 aliphatic carbocycles. The molecule has 8 N–H and O–H groups in total. The Hall–Kier alpha value is -3.83. The van der Waals surface area contributed by atoms with Gasteiger partial charge in [0.15, 0.2) is 11.7 Å². The Morgan fingerprint density at radius 3 is 2.26 bits per heavy atom. The summed E-state index contributed by atoms with van der Waals surface area (Å²) in [6.07, 6.45) is 1.26. The van der Waals surface area contributed by atoms with E-state index < -0.39 is 35.5 Å². The van der Waals surface area contributed by atoms with Gasteiger partial charge in [0.1, 0.15) is 17.9 Å². The van der Waals surface area contributed by atoms with Crippen molar-refractivity contribution in [3.05, 3.63) is 35.6 Å². The number of carbonyl (C=O) groups excluding carboxylic acids is 4. The number of carbonyl (C=O) groups is 4. The molecule has 2 atom stereocenters. The van der Waals surface area contributed by atoms with Gasteiger partial charge in [-0.05, 0) is 37.0 Å². The number of nitrogens with two attached hydrogens (primary N) is 1. The number of benzene rings is 1. The van der Waals surface area contributed by atoms with Crippen molar-refractivity contribution in [1.82, 2.24) is 21.3 Å². The van der Waals surface area contributed by atoms with E-state index in [2.05, 4.69) is 21.3 Å². The average Bonchev–Trinajstić information content (AvgIpc) is 2.82. The largest absolute Gasteiger partial charge is 0.370 e. The molecule has 0 fully saturated rings. The summed E-state index contributed by atoms with van der Waals surface area (Å²) in [6, 6.07) is 3.50. The summed E-state index contributed by atoms with van der Waals surface area (Å²) in [7, 11) is 0. The van der Waals surface area contributed by atoms with E-state index in [1.807, 2.05) is 0 Å². The topological polar surface area (TPSA) is 190 Å². The molecule has 11 nitrogen and oxygen atoms in total. The maximum atomic E-state index is 13.1. The molecule has 1 rings (SSSR count). The molecule has 0 saturated carbocycles. The van der Waals surface area contributed by atoms with E-state index in [1.54, 1.807) is 6.92 Å². The molecule has 1 aromatic rings. The van der Waals surface area contributed by atoms with E-state index in [0.717, 1.165) is 0 Å². The molecule has 0 aliphatic rings. The van der Waals surface area contributed by atoms with Crippen LogP contribution in [-0.4, -0.2) is 54.3 Å². The fourth-order valence-corrected chi connectivity index (χ4v) is 2.91. The lowest BCUT2D eigenvalue weighted by atomic mass is 10.1. The van der Waals surface area contributed by atoms with Gasteiger partial charge in [-0.2, -0.15) is 0 Å². The van der Waals surface area contributed by atoms with Gasteiger partial charge < -0.3 is 32.4 Å². The SMILES string of the molecule is CCC(=O)N[C@@H](CCCNC(=N)N)C(=O)N[C@@H](CCC(=O)C=N)C(=O)NCc1ccc(F)cc1. The first-order chi connectivity index (χ1) is 16.2. The minimum absolute atomic E-state index is 0.0461. The number of nitrogens with one attached hydrogen (secondary N) is 6. The predicted molar refractivity (Wildman–Crippen MR) is 125 cm³/mol. The highest BCUT2D eigenvalue weighted by atomic mass is 19.1. The smallest absolute Gasteiger partial charge is 0.243 e. The Kier molecular flexibility index (Phi) is 12.5. The Bertz CT molecular complexity index is 877. The van der Waals surface area contributed by atoms with Gasteiger partial charge in [0.2, 0.25) is 17.7 Å². The lowest BCUT2D eigenvalue weighted by molar-refractivity contribution is -0.132. The molecule has 1 aromatic carbocycles. The Morgan fingerprint density at radius 1 is 1.03 bits per heavy atom. The molecule has 34 heavy (non-hydrogen) atoms. The number of hydrogen-bond donors (Lipinski definition) is 7. The molecule has 0 unspecified atom stereocenters. The van der Waals surface area contributed by atoms with Crippen molar-refractivity contribution in [2.24, 2.45) is 5.73 Å². The standard InChI is InChI=1S/C22H32FN7O4/c1-2-19(32)29-17(4-3-11-27-22(25)26)21(34)30-18(10-9-16(31)12-24)20(33)28-13-14-5-7-15(23)8-6-14/h5-8,12,17-18,24H,2-4,9-11,13H2,1H3,(H,28,33)(H,29,32)(H,30,34)(H4,25,26,27)/t17-,18-/m0/s1. The molecule has 0 radical (unpaired) electrons. The van der Waals surface area contributed by atoms with Gasteiger partial charge in [-0.15, -0.1) is 0 Å². The van der Waals surface area contributed by atoms with E-state index in [4.69, 9.17) is 16.6 Å². The highest BCUT2D eigenvalue weighted by molar-refractivity contribution is 6.26. The number of rotatable bonds is 15. The highest BCUT2D eigenvalue weighted by Gasteiger charge is 2.26. The fraction of sp³-hybridized carbons (Fsp3) is 0.455. The van der Waals surface area contributed by atoms with Crippen molar-refractivity contribution >= 4 is 35.7 Å². The van der Waals surface area contributed by atoms with Crippen LogP contribution < -0.4 is 27.0 Å². The average molecular weight is 478 g/mol. The maximum Gasteiger partial charge on any atom is 0.243 e. The zero-order valence-corrected chi connectivity index (χ0v) is 19.1. The van der Waals surface area contributed by atoms with Crippen LogP contribution in [0.3, 0.4) is 0 Å². The van der Waals surface area contributed by atoms with E-state index in [0.29, 0.717) is 24.7 Å². The summed E-state index contributed by atoms with van der Waals surface area (Å²) in [4.78, 5) is 49.1. The van der Waals surface area contributed by atoms with Crippen molar-refractivity contribution < 1.29 is 23.6 Å². The number of amides is 3. The predicted octanol–water partition coefficient (Wildman–Crippen LogP) is 0.0836. The molecule has 0 spiro atoms. The molecule has 0 aliphatic heterocycles. The zero-order chi connectivity index (χ0) is 25.5. The number of halogens is 1. The van der Waals surface area contributed by atoms with Crippen LogP contribution in [0.5, 0.6) is 0 Å². The molecule has 3 amide bonds. The van der Waals surface area contributed by atoms with Gasteiger partial charge in [0, 0.05) is 25.9 Å². The van der Waals surface area contributed by atoms with Crippen LogP contribution in [0.25, 0.3) is 0 Å². The second-order valence-electron chi connectivity index (χ2n) is 7.51. The molecular formula is C22H32FN7O4. The molecular weight excluding hydrogens is 445 g/mol. The van der Waals surface area contributed by atoms with Crippen LogP contribution in [0.1, 0.15) is 44.6 Å². The fourth-order valence-electron chi connectivity index (χ4n) is 2.91.